The van der Waals surface area contributed by atoms with Gasteiger partial charge in [-0.2, -0.15) is 0 Å². The van der Waals surface area contributed by atoms with Gasteiger partial charge in [0.05, 0.1) is 0 Å². The van der Waals surface area contributed by atoms with Gasteiger partial charge < -0.3 is 15.3 Å². The van der Waals surface area contributed by atoms with Gasteiger partial charge in [0.1, 0.15) is 5.82 Å². The molecule has 3 heteroatoms. The summed E-state index contributed by atoms with van der Waals surface area (Å²) in [5.74, 6) is 1.13. The molecule has 0 radical (unpaired) electrons. The van der Waals surface area contributed by atoms with E-state index in [1.54, 1.807) is 0 Å². The van der Waals surface area contributed by atoms with Crippen LogP contribution < -0.4 is 5.32 Å². The Bertz CT molecular complexity index is 1210. The molecule has 0 saturated carbocycles. The molecule has 0 unspecified atom stereocenters. The van der Waals surface area contributed by atoms with E-state index in [1.807, 2.05) is 6.20 Å². The average molecular weight is 351 g/mol. The predicted octanol–water partition coefficient (Wildman–Crippen LogP) is 5.62. The van der Waals surface area contributed by atoms with Crippen LogP contribution in [0.3, 0.4) is 0 Å². The van der Waals surface area contributed by atoms with Crippen LogP contribution in [0.15, 0.2) is 54.9 Å². The van der Waals surface area contributed by atoms with Crippen molar-refractivity contribution in [2.45, 2.75) is 19.3 Å². The van der Waals surface area contributed by atoms with Gasteiger partial charge >= 0.3 is 0 Å². The lowest BCUT2D eigenvalue weighted by Gasteiger charge is -2.18. The lowest BCUT2D eigenvalue weighted by Crippen LogP contribution is -2.09. The first-order valence-electron chi connectivity index (χ1n) is 9.71. The zero-order valence-corrected chi connectivity index (χ0v) is 15.1. The number of hydrogen-bond acceptors (Lipinski definition) is 1. The molecule has 3 N–H and O–H groups in total. The van der Waals surface area contributed by atoms with Crippen LogP contribution in [-0.2, 0) is 12.8 Å². The van der Waals surface area contributed by atoms with E-state index in [4.69, 9.17) is 0 Å². The van der Waals surface area contributed by atoms with Gasteiger partial charge in [-0.3, -0.25) is 0 Å². The molecule has 4 aromatic rings. The van der Waals surface area contributed by atoms with Crippen LogP contribution in [0.25, 0.3) is 33.7 Å². The monoisotopic (exact) mass is 351 g/mol. The first kappa shape index (κ1) is 14.9. The van der Waals surface area contributed by atoms with Crippen LogP contribution in [0.1, 0.15) is 28.7 Å². The zero-order valence-electron chi connectivity index (χ0n) is 15.1. The Balaban J connectivity index is 1.48. The first-order chi connectivity index (χ1) is 13.4. The maximum absolute atomic E-state index is 3.58. The Morgan fingerprint density at radius 3 is 2.89 bits per heavy atom. The van der Waals surface area contributed by atoms with Crippen molar-refractivity contribution >= 4 is 28.4 Å². The van der Waals surface area contributed by atoms with Crippen LogP contribution in [0.2, 0.25) is 0 Å². The normalized spacial score (nSPS) is 15.3. The van der Waals surface area contributed by atoms with Gasteiger partial charge in [-0.1, -0.05) is 24.3 Å². The molecule has 0 atom stereocenters. The van der Waals surface area contributed by atoms with E-state index >= 15 is 0 Å². The van der Waals surface area contributed by atoms with Crippen LogP contribution in [-0.4, -0.2) is 16.5 Å². The smallest absolute Gasteiger partial charge is 0.111 e. The third-order valence-electron chi connectivity index (χ3n) is 6.05. The Morgan fingerprint density at radius 2 is 1.89 bits per heavy atom. The third-order valence-corrected chi connectivity index (χ3v) is 6.05. The summed E-state index contributed by atoms with van der Waals surface area (Å²) in [7, 11) is 0. The maximum Gasteiger partial charge on any atom is 0.111 e. The van der Waals surface area contributed by atoms with E-state index in [-0.39, 0.29) is 0 Å². The molecule has 1 aliphatic heterocycles. The zero-order chi connectivity index (χ0) is 17.8. The van der Waals surface area contributed by atoms with Crippen molar-refractivity contribution in [3.63, 3.8) is 0 Å². The molecule has 2 aromatic heterocycles. The van der Waals surface area contributed by atoms with Crippen molar-refractivity contribution in [2.75, 3.05) is 11.9 Å². The fourth-order valence-corrected chi connectivity index (χ4v) is 4.67. The molecule has 0 amide bonds. The summed E-state index contributed by atoms with van der Waals surface area (Å²) in [4.78, 5) is 6.73. The minimum absolute atomic E-state index is 0.843. The highest BCUT2D eigenvalue weighted by Crippen LogP contribution is 2.40. The number of nitrogens with one attached hydrogen (secondary N) is 3. The summed E-state index contributed by atoms with van der Waals surface area (Å²) in [6.45, 7) is 0.843. The number of aromatic nitrogens is 2. The number of hydrogen-bond donors (Lipinski definition) is 3. The third kappa shape index (κ3) is 2.28. The van der Waals surface area contributed by atoms with Gasteiger partial charge in [0.25, 0.3) is 0 Å². The summed E-state index contributed by atoms with van der Waals surface area (Å²) in [5, 5.41) is 4.84. The minimum Gasteiger partial charge on any atom is -0.367 e. The van der Waals surface area contributed by atoms with E-state index in [2.05, 4.69) is 70.0 Å². The molecule has 6 rings (SSSR count). The topological polar surface area (TPSA) is 43.6 Å². The van der Waals surface area contributed by atoms with Crippen LogP contribution in [0, 0.1) is 0 Å². The van der Waals surface area contributed by atoms with Gasteiger partial charge in [-0.15, -0.1) is 0 Å². The molecule has 0 spiro atoms. The molecule has 1 aliphatic carbocycles. The molecular weight excluding hydrogens is 330 g/mol. The van der Waals surface area contributed by atoms with Crippen molar-refractivity contribution in [3.8, 4) is 11.1 Å². The lowest BCUT2D eigenvalue weighted by atomic mass is 9.93. The second-order valence-corrected chi connectivity index (χ2v) is 7.59. The molecule has 132 valence electrons. The second-order valence-electron chi connectivity index (χ2n) is 7.59. The van der Waals surface area contributed by atoms with Gasteiger partial charge in [-0.05, 0) is 76.8 Å². The van der Waals surface area contributed by atoms with Crippen molar-refractivity contribution in [1.29, 1.82) is 0 Å². The minimum atomic E-state index is 0.843. The molecular formula is C24H21N3. The quantitative estimate of drug-likeness (QED) is 0.431. The van der Waals surface area contributed by atoms with E-state index < -0.39 is 0 Å². The number of anilines is 1. The second kappa shape index (κ2) is 5.65. The van der Waals surface area contributed by atoms with E-state index in [0.29, 0.717) is 0 Å². The summed E-state index contributed by atoms with van der Waals surface area (Å²) in [5.41, 5.74) is 10.8. The molecule has 27 heavy (non-hydrogen) atoms. The summed E-state index contributed by atoms with van der Waals surface area (Å²) >= 11 is 0. The standard InChI is InChI=1S/C24H21N3/c1-3-15-4-2-6-20(19(15)5-1)22-14-27-24-21(22)12-18(13-26-24)16-7-8-23-17(11-16)9-10-25-23/h2,4,6-12,14,25-27H,1,3,5,13H2. The first-order valence-corrected chi connectivity index (χ1v) is 9.71. The molecule has 3 heterocycles. The van der Waals surface area contributed by atoms with E-state index in [1.165, 1.54) is 69.1 Å². The number of aryl methyl sites for hydroxylation is 1. The highest BCUT2D eigenvalue weighted by atomic mass is 15.0. The highest BCUT2D eigenvalue weighted by molar-refractivity contribution is 5.97. The summed E-state index contributed by atoms with van der Waals surface area (Å²) < 4.78 is 0. The van der Waals surface area contributed by atoms with Crippen LogP contribution in [0.5, 0.6) is 0 Å². The van der Waals surface area contributed by atoms with E-state index in [0.717, 1.165) is 12.4 Å². The molecule has 3 nitrogen and oxygen atoms in total. The summed E-state index contributed by atoms with van der Waals surface area (Å²) in [6, 6.07) is 15.6. The van der Waals surface area contributed by atoms with Crippen molar-refractivity contribution < 1.29 is 0 Å². The molecule has 0 saturated heterocycles. The molecule has 0 fully saturated rings. The maximum atomic E-state index is 3.58. The van der Waals surface area contributed by atoms with Crippen LogP contribution in [0.4, 0.5) is 5.82 Å². The number of H-pyrrole nitrogens is 2. The SMILES string of the molecule is C1=C(c2ccc3[nH]ccc3c2)CNc2[nH]cc(-c3cccc4c3CCC4)c21. The number of aromatic amines is 2. The van der Waals surface area contributed by atoms with Crippen molar-refractivity contribution in [2.24, 2.45) is 0 Å². The molecule has 2 aromatic carbocycles. The van der Waals surface area contributed by atoms with Gasteiger partial charge in [-0.25, -0.2) is 0 Å². The fraction of sp³-hybridized carbons (Fsp3) is 0.167. The number of rotatable bonds is 2. The van der Waals surface area contributed by atoms with Crippen molar-refractivity contribution in [3.05, 3.63) is 77.1 Å². The van der Waals surface area contributed by atoms with Gasteiger partial charge in [0.2, 0.25) is 0 Å². The molecule has 2 aliphatic rings. The fourth-order valence-electron chi connectivity index (χ4n) is 4.67. The Hall–Kier alpha value is -3.20. The Morgan fingerprint density at radius 1 is 0.889 bits per heavy atom. The largest absolute Gasteiger partial charge is 0.367 e. The predicted molar refractivity (Wildman–Crippen MR) is 113 cm³/mol. The van der Waals surface area contributed by atoms with Gasteiger partial charge in [0.15, 0.2) is 0 Å². The molecule has 0 bridgehead atoms. The summed E-state index contributed by atoms with van der Waals surface area (Å²) in [6.07, 6.45) is 10.2. The number of benzene rings is 2. The Kier molecular flexibility index (Phi) is 3.12. The highest BCUT2D eigenvalue weighted by Gasteiger charge is 2.21. The van der Waals surface area contributed by atoms with E-state index in [9.17, 15) is 0 Å². The Labute approximate surface area is 158 Å². The van der Waals surface area contributed by atoms with Crippen molar-refractivity contribution in [1.82, 2.24) is 9.97 Å². The average Bonchev–Trinajstić information content (AvgIpc) is 3.44. The van der Waals surface area contributed by atoms with Crippen LogP contribution >= 0.6 is 0 Å². The van der Waals surface area contributed by atoms with Gasteiger partial charge in [0, 0.05) is 35.6 Å². The lowest BCUT2D eigenvalue weighted by molar-refractivity contribution is 0.912. The number of fused-ring (bicyclic) bond motifs is 3.